The number of aliphatic carboxylic acids is 1. The van der Waals surface area contributed by atoms with Crippen molar-refractivity contribution in [2.24, 2.45) is 0 Å². The van der Waals surface area contributed by atoms with Gasteiger partial charge < -0.3 is 20.7 Å². The van der Waals surface area contributed by atoms with Gasteiger partial charge in [0.15, 0.2) is 9.84 Å². The Bertz CT molecular complexity index is 1700. The van der Waals surface area contributed by atoms with E-state index in [-0.39, 0.29) is 28.9 Å². The topological polar surface area (TPSA) is 145 Å². The van der Waals surface area contributed by atoms with Crippen LogP contribution in [-0.2, 0) is 31.6 Å². The summed E-state index contributed by atoms with van der Waals surface area (Å²) in [6, 6.07) is 11.0. The van der Waals surface area contributed by atoms with Crippen LogP contribution in [0.3, 0.4) is 0 Å². The molecule has 0 bridgehead atoms. The number of H-pyrrole nitrogens is 1. The summed E-state index contributed by atoms with van der Waals surface area (Å²) in [7, 11) is -1.82. The van der Waals surface area contributed by atoms with Crippen molar-refractivity contribution >= 4 is 45.0 Å². The van der Waals surface area contributed by atoms with E-state index in [1.807, 2.05) is 20.9 Å². The highest BCUT2D eigenvalue weighted by Crippen LogP contribution is 2.36. The summed E-state index contributed by atoms with van der Waals surface area (Å²) in [5, 5.41) is 15.0. The number of hydrogen-bond acceptors (Lipinski definition) is 6. The predicted molar refractivity (Wildman–Crippen MR) is 155 cm³/mol. The molecular weight excluding hydrogens is 544 g/mol. The van der Waals surface area contributed by atoms with Crippen LogP contribution in [0.1, 0.15) is 44.0 Å². The molecule has 41 heavy (non-hydrogen) atoms. The Morgan fingerprint density at radius 2 is 1.68 bits per heavy atom. The molecular formula is C30H33N4O6S+. The van der Waals surface area contributed by atoms with E-state index < -0.39 is 15.8 Å². The monoisotopic (exact) mass is 577 g/mol. The van der Waals surface area contributed by atoms with E-state index in [0.29, 0.717) is 56.8 Å². The van der Waals surface area contributed by atoms with Gasteiger partial charge in [0.2, 0.25) is 0 Å². The lowest BCUT2D eigenvalue weighted by Gasteiger charge is -2.35. The van der Waals surface area contributed by atoms with E-state index in [2.05, 4.69) is 15.6 Å². The molecule has 0 saturated carbocycles. The number of amides is 2. The second-order valence-corrected chi connectivity index (χ2v) is 12.9. The van der Waals surface area contributed by atoms with Crippen molar-refractivity contribution in [1.29, 1.82) is 0 Å². The van der Waals surface area contributed by atoms with E-state index in [0.717, 1.165) is 24.3 Å². The zero-order valence-corrected chi connectivity index (χ0v) is 24.0. The van der Waals surface area contributed by atoms with Crippen LogP contribution in [0.4, 0.5) is 5.69 Å². The SMILES string of the molecule is Cc1[nH]c(/C=C2\C(=O)Nc3ccc(S(=O)(=O)Cc4ccc(CC(=O)O)cc4)cc32)c(C)c1C(=O)[N+]1(C)CCNCC1. The molecule has 2 aliphatic heterocycles. The smallest absolute Gasteiger partial charge is 0.347 e. The maximum absolute atomic E-state index is 13.6. The molecule has 0 atom stereocenters. The van der Waals surface area contributed by atoms with E-state index in [1.54, 1.807) is 36.4 Å². The Morgan fingerprint density at radius 1 is 1.02 bits per heavy atom. The van der Waals surface area contributed by atoms with Gasteiger partial charge in [0, 0.05) is 35.7 Å². The molecule has 0 unspecified atom stereocenters. The number of aromatic amines is 1. The van der Waals surface area contributed by atoms with E-state index in [1.165, 1.54) is 12.1 Å². The van der Waals surface area contributed by atoms with Gasteiger partial charge in [-0.25, -0.2) is 13.2 Å². The highest BCUT2D eigenvalue weighted by Gasteiger charge is 2.37. The van der Waals surface area contributed by atoms with E-state index in [9.17, 15) is 22.8 Å². The van der Waals surface area contributed by atoms with Crippen molar-refractivity contribution in [1.82, 2.24) is 10.3 Å². The number of carboxylic acids is 1. The largest absolute Gasteiger partial charge is 0.481 e. The van der Waals surface area contributed by atoms with Gasteiger partial charge in [-0.2, -0.15) is 0 Å². The Kier molecular flexibility index (Phi) is 7.45. The van der Waals surface area contributed by atoms with E-state index in [4.69, 9.17) is 5.11 Å². The number of sulfone groups is 1. The highest BCUT2D eigenvalue weighted by atomic mass is 32.2. The number of piperazine rings is 1. The molecule has 2 aromatic carbocycles. The average molecular weight is 578 g/mol. The first-order valence-corrected chi connectivity index (χ1v) is 15.0. The van der Waals surface area contributed by atoms with Gasteiger partial charge in [-0.05, 0) is 54.8 Å². The van der Waals surface area contributed by atoms with Crippen molar-refractivity contribution in [2.75, 3.05) is 38.5 Å². The molecule has 2 aliphatic rings. The van der Waals surface area contributed by atoms with Crippen molar-refractivity contribution in [2.45, 2.75) is 30.9 Å². The molecule has 1 saturated heterocycles. The third-order valence-electron chi connectivity index (χ3n) is 7.90. The number of hydrogen-bond donors (Lipinski definition) is 4. The number of aryl methyl sites for hydroxylation is 1. The average Bonchev–Trinajstić information content (AvgIpc) is 3.38. The van der Waals surface area contributed by atoms with Crippen LogP contribution in [0, 0.1) is 13.8 Å². The fourth-order valence-corrected chi connectivity index (χ4v) is 6.85. The predicted octanol–water partition coefficient (Wildman–Crippen LogP) is 2.92. The fourth-order valence-electron chi connectivity index (χ4n) is 5.48. The minimum Gasteiger partial charge on any atom is -0.481 e. The number of carboxylic acid groups (broad SMARTS) is 1. The maximum Gasteiger partial charge on any atom is 0.347 e. The number of quaternary nitrogens is 1. The summed E-state index contributed by atoms with van der Waals surface area (Å²) in [6.07, 6.45) is 1.54. The third kappa shape index (κ3) is 5.61. The molecule has 10 nitrogen and oxygen atoms in total. The number of anilines is 1. The minimum atomic E-state index is -3.77. The Balaban J connectivity index is 1.45. The molecule has 3 heterocycles. The van der Waals surface area contributed by atoms with Crippen LogP contribution >= 0.6 is 0 Å². The van der Waals surface area contributed by atoms with Gasteiger partial charge in [-0.1, -0.05) is 24.3 Å². The van der Waals surface area contributed by atoms with Crippen LogP contribution in [0.5, 0.6) is 0 Å². The minimum absolute atomic E-state index is 0.0306. The van der Waals surface area contributed by atoms with Crippen LogP contribution in [0.15, 0.2) is 47.4 Å². The van der Waals surface area contributed by atoms with Gasteiger partial charge in [0.25, 0.3) is 5.91 Å². The molecule has 11 heteroatoms. The molecule has 0 aliphatic carbocycles. The first-order valence-electron chi connectivity index (χ1n) is 13.4. The first kappa shape index (κ1) is 28.5. The van der Waals surface area contributed by atoms with Crippen LogP contribution in [-0.4, -0.2) is 74.0 Å². The lowest BCUT2D eigenvalue weighted by Crippen LogP contribution is -2.59. The molecule has 0 radical (unpaired) electrons. The van der Waals surface area contributed by atoms with Crippen LogP contribution in [0.2, 0.25) is 0 Å². The van der Waals surface area contributed by atoms with Crippen molar-refractivity contribution in [3.63, 3.8) is 0 Å². The number of fused-ring (bicyclic) bond motifs is 1. The van der Waals surface area contributed by atoms with Gasteiger partial charge in [-0.15, -0.1) is 0 Å². The normalized spacial score (nSPS) is 17.3. The molecule has 3 aromatic rings. The summed E-state index contributed by atoms with van der Waals surface area (Å²) in [6.45, 7) is 6.61. The number of carbonyl (C=O) groups excluding carboxylic acids is 2. The Labute approximate surface area is 238 Å². The molecule has 1 aromatic heterocycles. The summed E-state index contributed by atoms with van der Waals surface area (Å²) in [5.74, 6) is -1.56. The summed E-state index contributed by atoms with van der Waals surface area (Å²) in [4.78, 5) is 40.8. The second-order valence-electron chi connectivity index (χ2n) is 10.9. The number of benzene rings is 2. The summed E-state index contributed by atoms with van der Waals surface area (Å²) in [5.41, 5.74) is 5.10. The number of carbonyl (C=O) groups is 3. The van der Waals surface area contributed by atoms with Gasteiger partial charge >= 0.3 is 11.9 Å². The number of nitrogens with one attached hydrogen (secondary N) is 3. The molecule has 5 rings (SSSR count). The summed E-state index contributed by atoms with van der Waals surface area (Å²) >= 11 is 0. The molecule has 1 fully saturated rings. The van der Waals surface area contributed by atoms with Gasteiger partial charge in [0.05, 0.1) is 42.8 Å². The lowest BCUT2D eigenvalue weighted by atomic mass is 10.0. The number of aromatic nitrogens is 1. The standard InChI is InChI=1S/C30H32N4O6S/c1-18-26(32-19(2)28(18)30(38)34(3)12-10-31-11-13-34)16-24-23-15-22(8-9-25(23)33-29(24)37)41(39,40)17-21-6-4-20(5-7-21)14-27(35)36/h4-9,15-16,31H,10-14,17H2,1-3H3,(H2-,32,33,35,36,37,38)/p+1. The number of likely N-dealkylation sites (N-methyl/N-ethyl adjacent to an activating group) is 1. The zero-order valence-electron chi connectivity index (χ0n) is 23.2. The van der Waals surface area contributed by atoms with Crippen molar-refractivity contribution < 1.29 is 32.4 Å². The molecule has 2 amide bonds. The third-order valence-corrected chi connectivity index (χ3v) is 9.59. The Hall–Kier alpha value is -4.06. The fraction of sp³-hybridized carbons (Fsp3) is 0.300. The number of nitrogens with zero attached hydrogens (tertiary/aromatic N) is 1. The van der Waals surface area contributed by atoms with Crippen molar-refractivity contribution in [3.05, 3.63) is 81.7 Å². The molecule has 0 spiro atoms. The highest BCUT2D eigenvalue weighted by molar-refractivity contribution is 7.90. The van der Waals surface area contributed by atoms with Crippen LogP contribution in [0.25, 0.3) is 11.6 Å². The van der Waals surface area contributed by atoms with Gasteiger partial charge in [-0.3, -0.25) is 14.1 Å². The van der Waals surface area contributed by atoms with Crippen LogP contribution < -0.4 is 10.6 Å². The molecule has 4 N–H and O–H groups in total. The lowest BCUT2D eigenvalue weighted by molar-refractivity contribution is -0.830. The zero-order chi connectivity index (χ0) is 29.5. The van der Waals surface area contributed by atoms with E-state index >= 15 is 0 Å². The number of rotatable bonds is 7. The van der Waals surface area contributed by atoms with Gasteiger partial charge in [0.1, 0.15) is 5.56 Å². The second kappa shape index (κ2) is 10.7. The first-order chi connectivity index (χ1) is 19.4. The Morgan fingerprint density at radius 3 is 2.34 bits per heavy atom. The summed E-state index contributed by atoms with van der Waals surface area (Å²) < 4.78 is 26.9. The van der Waals surface area contributed by atoms with Crippen molar-refractivity contribution in [3.8, 4) is 0 Å². The molecule has 214 valence electrons. The maximum atomic E-state index is 13.6. The quantitative estimate of drug-likeness (QED) is 0.250.